The number of ether oxygens (including phenoxy) is 1. The molecule has 1 amide bonds. The van der Waals surface area contributed by atoms with Crippen LogP contribution in [0, 0.1) is 12.3 Å². The maximum Gasteiger partial charge on any atom is 0.225 e. The van der Waals surface area contributed by atoms with Crippen molar-refractivity contribution >= 4 is 11.9 Å². The fourth-order valence-electron chi connectivity index (χ4n) is 1.82. The molecule has 1 aromatic carbocycles. The number of aryl methyl sites for hydroxylation is 1. The first kappa shape index (κ1) is 19.8. The third kappa shape index (κ3) is 7.85. The number of hydrogen-bond donors (Lipinski definition) is 3. The van der Waals surface area contributed by atoms with Crippen LogP contribution in [0.2, 0.25) is 0 Å². The highest BCUT2D eigenvalue weighted by Crippen LogP contribution is 2.12. The van der Waals surface area contributed by atoms with Crippen LogP contribution in [0.4, 0.5) is 0 Å². The Hall–Kier alpha value is -2.24. The van der Waals surface area contributed by atoms with Crippen molar-refractivity contribution in [3.05, 3.63) is 29.8 Å². The topological polar surface area (TPSA) is 74.8 Å². The molecule has 0 unspecified atom stereocenters. The van der Waals surface area contributed by atoms with Crippen LogP contribution in [0.25, 0.3) is 0 Å². The second-order valence-electron chi connectivity index (χ2n) is 6.59. The van der Waals surface area contributed by atoms with Gasteiger partial charge in [0.25, 0.3) is 0 Å². The van der Waals surface area contributed by atoms with Gasteiger partial charge in [0.2, 0.25) is 5.91 Å². The molecular weight excluding hydrogens is 304 g/mol. The highest BCUT2D eigenvalue weighted by Gasteiger charge is 2.20. The second-order valence-corrected chi connectivity index (χ2v) is 6.59. The molecule has 0 aliphatic rings. The number of nitrogens with one attached hydrogen (secondary N) is 3. The van der Waals surface area contributed by atoms with Gasteiger partial charge < -0.3 is 20.7 Å². The van der Waals surface area contributed by atoms with E-state index in [1.165, 1.54) is 5.56 Å². The van der Waals surface area contributed by atoms with Crippen molar-refractivity contribution in [2.24, 2.45) is 10.4 Å². The first-order chi connectivity index (χ1) is 11.3. The van der Waals surface area contributed by atoms with Crippen molar-refractivity contribution in [2.75, 3.05) is 33.3 Å². The number of aliphatic imine (C=N–C) groups is 1. The molecule has 0 atom stereocenters. The first-order valence-electron chi connectivity index (χ1n) is 8.25. The first-order valence-corrected chi connectivity index (χ1v) is 8.25. The Labute approximate surface area is 145 Å². The summed E-state index contributed by atoms with van der Waals surface area (Å²) in [5.41, 5.74) is 0.844. The van der Waals surface area contributed by atoms with Gasteiger partial charge in [-0.25, -0.2) is 0 Å². The molecule has 0 heterocycles. The predicted molar refractivity (Wildman–Crippen MR) is 98.5 cm³/mol. The van der Waals surface area contributed by atoms with E-state index in [0.717, 1.165) is 5.75 Å². The molecule has 0 aliphatic carbocycles. The number of carbonyl (C=O) groups is 1. The third-order valence-corrected chi connectivity index (χ3v) is 3.29. The van der Waals surface area contributed by atoms with Crippen molar-refractivity contribution in [1.82, 2.24) is 16.0 Å². The molecule has 0 spiro atoms. The summed E-state index contributed by atoms with van der Waals surface area (Å²) in [6.45, 7) is 10.1. The number of nitrogens with zero attached hydrogens (tertiary/aromatic N) is 1. The molecule has 6 nitrogen and oxygen atoms in total. The van der Waals surface area contributed by atoms with Gasteiger partial charge in [-0.05, 0) is 19.1 Å². The predicted octanol–water partition coefficient (Wildman–Crippen LogP) is 1.70. The third-order valence-electron chi connectivity index (χ3n) is 3.29. The van der Waals surface area contributed by atoms with Crippen LogP contribution < -0.4 is 20.7 Å². The normalized spacial score (nSPS) is 11.8. The minimum Gasteiger partial charge on any atom is -0.492 e. The Kier molecular flexibility index (Phi) is 8.09. The average Bonchev–Trinajstić information content (AvgIpc) is 2.53. The van der Waals surface area contributed by atoms with E-state index < -0.39 is 0 Å². The summed E-state index contributed by atoms with van der Waals surface area (Å²) in [4.78, 5) is 15.9. The Morgan fingerprint density at radius 2 is 1.62 bits per heavy atom. The van der Waals surface area contributed by atoms with Crippen LogP contribution in [-0.4, -0.2) is 45.2 Å². The second kappa shape index (κ2) is 9.80. The van der Waals surface area contributed by atoms with E-state index in [-0.39, 0.29) is 11.3 Å². The molecule has 0 bridgehead atoms. The van der Waals surface area contributed by atoms with Gasteiger partial charge in [-0.15, -0.1) is 0 Å². The van der Waals surface area contributed by atoms with Crippen LogP contribution in [0.1, 0.15) is 26.3 Å². The quantitative estimate of drug-likeness (QED) is 0.403. The van der Waals surface area contributed by atoms with Gasteiger partial charge in [-0.1, -0.05) is 38.5 Å². The maximum absolute atomic E-state index is 11.7. The fraction of sp³-hybridized carbons (Fsp3) is 0.556. The summed E-state index contributed by atoms with van der Waals surface area (Å²) < 4.78 is 5.65. The highest BCUT2D eigenvalue weighted by molar-refractivity contribution is 5.81. The molecule has 0 saturated heterocycles. The van der Waals surface area contributed by atoms with Crippen molar-refractivity contribution in [1.29, 1.82) is 0 Å². The lowest BCUT2D eigenvalue weighted by Gasteiger charge is -2.18. The van der Waals surface area contributed by atoms with Crippen molar-refractivity contribution < 1.29 is 9.53 Å². The maximum atomic E-state index is 11.7. The van der Waals surface area contributed by atoms with Crippen molar-refractivity contribution in [2.45, 2.75) is 27.7 Å². The summed E-state index contributed by atoms with van der Waals surface area (Å²) in [6, 6.07) is 7.96. The van der Waals surface area contributed by atoms with Crippen LogP contribution >= 0.6 is 0 Å². The van der Waals surface area contributed by atoms with E-state index in [4.69, 9.17) is 4.74 Å². The Morgan fingerprint density at radius 1 is 1.04 bits per heavy atom. The number of rotatable bonds is 7. The lowest BCUT2D eigenvalue weighted by molar-refractivity contribution is -0.128. The summed E-state index contributed by atoms with van der Waals surface area (Å²) in [5.74, 6) is 1.58. The molecule has 6 heteroatoms. The fourth-order valence-corrected chi connectivity index (χ4v) is 1.82. The largest absolute Gasteiger partial charge is 0.492 e. The molecule has 1 rings (SSSR count). The lowest BCUT2D eigenvalue weighted by Crippen LogP contribution is -2.44. The van der Waals surface area contributed by atoms with Gasteiger partial charge in [0.15, 0.2) is 5.96 Å². The number of guanidine groups is 1. The van der Waals surface area contributed by atoms with Crippen LogP contribution in [0.5, 0.6) is 5.75 Å². The van der Waals surface area contributed by atoms with Gasteiger partial charge in [-0.2, -0.15) is 0 Å². The number of amides is 1. The summed E-state index contributed by atoms with van der Waals surface area (Å²) in [6.07, 6.45) is 0. The van der Waals surface area contributed by atoms with Crippen LogP contribution in [0.3, 0.4) is 0 Å². The number of hydrogen-bond acceptors (Lipinski definition) is 3. The molecular formula is C18H30N4O2. The molecule has 0 aliphatic heterocycles. The van der Waals surface area contributed by atoms with E-state index in [1.54, 1.807) is 7.05 Å². The molecule has 24 heavy (non-hydrogen) atoms. The molecule has 134 valence electrons. The lowest BCUT2D eigenvalue weighted by atomic mass is 9.96. The van der Waals surface area contributed by atoms with Crippen LogP contribution in [-0.2, 0) is 4.79 Å². The number of benzene rings is 1. The monoisotopic (exact) mass is 334 g/mol. The molecule has 0 radical (unpaired) electrons. The zero-order valence-corrected chi connectivity index (χ0v) is 15.4. The summed E-state index contributed by atoms with van der Waals surface area (Å²) >= 11 is 0. The molecule has 0 fully saturated rings. The molecule has 0 aromatic heterocycles. The van der Waals surface area contributed by atoms with E-state index in [2.05, 4.69) is 20.9 Å². The standard InChI is InChI=1S/C18H30N4O2/c1-14-6-8-15(9-7-14)24-13-12-22-17(19-5)21-11-10-20-16(23)18(2,3)4/h6-9H,10-13H2,1-5H3,(H,20,23)(H2,19,21,22). The summed E-state index contributed by atoms with van der Waals surface area (Å²) in [7, 11) is 1.71. The Balaban J connectivity index is 2.16. The smallest absolute Gasteiger partial charge is 0.225 e. The zero-order chi connectivity index (χ0) is 18.0. The molecule has 1 aromatic rings. The summed E-state index contributed by atoms with van der Waals surface area (Å²) in [5, 5.41) is 9.21. The van der Waals surface area contributed by atoms with Crippen molar-refractivity contribution in [3.63, 3.8) is 0 Å². The number of carbonyl (C=O) groups excluding carboxylic acids is 1. The Bertz CT molecular complexity index is 533. The minimum atomic E-state index is -0.368. The van der Waals surface area contributed by atoms with Gasteiger partial charge >= 0.3 is 0 Å². The van der Waals surface area contributed by atoms with Gasteiger partial charge in [-0.3, -0.25) is 9.79 Å². The van der Waals surface area contributed by atoms with Gasteiger partial charge in [0.1, 0.15) is 12.4 Å². The minimum absolute atomic E-state index is 0.0405. The van der Waals surface area contributed by atoms with E-state index in [9.17, 15) is 4.79 Å². The van der Waals surface area contributed by atoms with Crippen LogP contribution in [0.15, 0.2) is 29.3 Å². The van der Waals surface area contributed by atoms with Gasteiger partial charge in [0.05, 0.1) is 6.54 Å². The Morgan fingerprint density at radius 3 is 2.21 bits per heavy atom. The average molecular weight is 334 g/mol. The van der Waals surface area contributed by atoms with E-state index in [1.807, 2.05) is 52.0 Å². The zero-order valence-electron chi connectivity index (χ0n) is 15.4. The molecule has 0 saturated carbocycles. The van der Waals surface area contributed by atoms with E-state index >= 15 is 0 Å². The highest BCUT2D eigenvalue weighted by atomic mass is 16.5. The SMILES string of the molecule is CN=C(NCCNC(=O)C(C)(C)C)NCCOc1ccc(C)cc1. The van der Waals surface area contributed by atoms with Crippen molar-refractivity contribution in [3.8, 4) is 5.75 Å². The van der Waals surface area contributed by atoms with E-state index in [0.29, 0.717) is 32.2 Å². The van der Waals surface area contributed by atoms with Gasteiger partial charge in [0, 0.05) is 25.6 Å². The molecule has 3 N–H and O–H groups in total.